The Morgan fingerprint density at radius 1 is 1.54 bits per heavy atom. The van der Waals surface area contributed by atoms with Crippen molar-refractivity contribution < 1.29 is 5.11 Å². The fraction of sp³-hybridized carbons (Fsp3) is 0.455. The summed E-state index contributed by atoms with van der Waals surface area (Å²) in [6, 6.07) is 2.04. The molecular formula is C11H16OS. The third-order valence-electron chi connectivity index (χ3n) is 1.89. The molecule has 0 fully saturated rings. The van der Waals surface area contributed by atoms with Gasteiger partial charge in [-0.1, -0.05) is 5.57 Å². The Morgan fingerprint density at radius 3 is 2.54 bits per heavy atom. The topological polar surface area (TPSA) is 20.2 Å². The molecule has 13 heavy (non-hydrogen) atoms. The van der Waals surface area contributed by atoms with E-state index in [4.69, 9.17) is 0 Å². The van der Waals surface area contributed by atoms with Crippen LogP contribution in [-0.4, -0.2) is 5.11 Å². The molecule has 1 N–H and O–H groups in total. The van der Waals surface area contributed by atoms with Gasteiger partial charge in [0.1, 0.15) is 5.60 Å². The van der Waals surface area contributed by atoms with Gasteiger partial charge < -0.3 is 5.11 Å². The number of thiophene rings is 1. The molecule has 0 bridgehead atoms. The molecule has 1 heterocycles. The van der Waals surface area contributed by atoms with Crippen molar-refractivity contribution in [2.75, 3.05) is 0 Å². The van der Waals surface area contributed by atoms with E-state index in [2.05, 4.69) is 0 Å². The molecule has 1 aromatic heterocycles. The molecule has 0 amide bonds. The highest BCUT2D eigenvalue weighted by atomic mass is 32.1. The maximum absolute atomic E-state index is 10.2. The SMILES string of the molecule is CC(C)=CC(C)(O)c1sccc1C. The van der Waals surface area contributed by atoms with Crippen LogP contribution in [0.4, 0.5) is 0 Å². The zero-order valence-electron chi connectivity index (χ0n) is 8.59. The Bertz CT molecular complexity index is 317. The van der Waals surface area contributed by atoms with Crippen molar-refractivity contribution >= 4 is 11.3 Å². The van der Waals surface area contributed by atoms with Crippen LogP contribution in [0.2, 0.25) is 0 Å². The van der Waals surface area contributed by atoms with Crippen molar-refractivity contribution in [3.63, 3.8) is 0 Å². The predicted molar refractivity (Wildman–Crippen MR) is 58.1 cm³/mol. The summed E-state index contributed by atoms with van der Waals surface area (Å²) in [5, 5.41) is 12.2. The fourth-order valence-corrected chi connectivity index (χ4v) is 2.48. The van der Waals surface area contributed by atoms with Crippen LogP contribution in [0.15, 0.2) is 23.1 Å². The van der Waals surface area contributed by atoms with Crippen molar-refractivity contribution in [1.29, 1.82) is 0 Å². The van der Waals surface area contributed by atoms with Crippen LogP contribution >= 0.6 is 11.3 Å². The van der Waals surface area contributed by atoms with Gasteiger partial charge in [0.05, 0.1) is 0 Å². The fourth-order valence-electron chi connectivity index (χ4n) is 1.52. The quantitative estimate of drug-likeness (QED) is 0.720. The van der Waals surface area contributed by atoms with Gasteiger partial charge in [0, 0.05) is 4.88 Å². The summed E-state index contributed by atoms with van der Waals surface area (Å²) in [6.07, 6.45) is 1.89. The summed E-state index contributed by atoms with van der Waals surface area (Å²) in [6.45, 7) is 7.85. The van der Waals surface area contributed by atoms with Gasteiger partial charge in [0.25, 0.3) is 0 Å². The average Bonchev–Trinajstić information content (AvgIpc) is 2.32. The summed E-state index contributed by atoms with van der Waals surface area (Å²) >= 11 is 1.60. The van der Waals surface area contributed by atoms with Crippen molar-refractivity contribution in [1.82, 2.24) is 0 Å². The molecule has 0 saturated heterocycles. The van der Waals surface area contributed by atoms with Gasteiger partial charge in [-0.05, 0) is 50.8 Å². The maximum Gasteiger partial charge on any atom is 0.115 e. The Balaban J connectivity index is 3.07. The number of hydrogen-bond acceptors (Lipinski definition) is 2. The van der Waals surface area contributed by atoms with Gasteiger partial charge in [-0.2, -0.15) is 0 Å². The molecule has 1 unspecified atom stereocenters. The zero-order valence-corrected chi connectivity index (χ0v) is 9.40. The third-order valence-corrected chi connectivity index (χ3v) is 3.13. The van der Waals surface area contributed by atoms with E-state index >= 15 is 0 Å². The molecule has 1 nitrogen and oxygen atoms in total. The number of rotatable bonds is 2. The lowest BCUT2D eigenvalue weighted by Crippen LogP contribution is -2.17. The van der Waals surface area contributed by atoms with E-state index < -0.39 is 5.60 Å². The second-order valence-electron chi connectivity index (χ2n) is 3.80. The average molecular weight is 196 g/mol. The standard InChI is InChI=1S/C11H16OS/c1-8(2)7-11(4,12)10-9(3)5-6-13-10/h5-7,12H,1-4H3. The van der Waals surface area contributed by atoms with E-state index in [0.29, 0.717) is 0 Å². The largest absolute Gasteiger partial charge is 0.380 e. The first-order valence-electron chi connectivity index (χ1n) is 4.36. The normalized spacial score (nSPS) is 15.2. The minimum atomic E-state index is -0.808. The Morgan fingerprint density at radius 2 is 2.15 bits per heavy atom. The van der Waals surface area contributed by atoms with Gasteiger partial charge in [-0.25, -0.2) is 0 Å². The third kappa shape index (κ3) is 2.42. The number of allylic oxidation sites excluding steroid dienone is 1. The first-order valence-corrected chi connectivity index (χ1v) is 5.24. The summed E-state index contributed by atoms with van der Waals surface area (Å²) in [7, 11) is 0. The van der Waals surface area contributed by atoms with Crippen LogP contribution in [0.1, 0.15) is 31.2 Å². The molecule has 2 heteroatoms. The molecule has 0 spiro atoms. The van der Waals surface area contributed by atoms with Crippen LogP contribution in [0.3, 0.4) is 0 Å². The monoisotopic (exact) mass is 196 g/mol. The zero-order chi connectivity index (χ0) is 10.1. The van der Waals surface area contributed by atoms with Crippen LogP contribution in [0.5, 0.6) is 0 Å². The molecule has 72 valence electrons. The molecule has 1 atom stereocenters. The Hall–Kier alpha value is -0.600. The highest BCUT2D eigenvalue weighted by Crippen LogP contribution is 2.30. The van der Waals surface area contributed by atoms with Gasteiger partial charge in [0.2, 0.25) is 0 Å². The summed E-state index contributed by atoms with van der Waals surface area (Å²) in [5.74, 6) is 0. The lowest BCUT2D eigenvalue weighted by atomic mass is 9.99. The molecule has 0 radical (unpaired) electrons. The van der Waals surface area contributed by atoms with Crippen LogP contribution in [0.25, 0.3) is 0 Å². The summed E-state index contributed by atoms with van der Waals surface area (Å²) in [5.41, 5.74) is 1.49. The van der Waals surface area contributed by atoms with E-state index in [1.807, 2.05) is 45.2 Å². The molecule has 0 aliphatic carbocycles. The Kier molecular flexibility index (Phi) is 2.94. The van der Waals surface area contributed by atoms with Crippen molar-refractivity contribution in [2.24, 2.45) is 0 Å². The van der Waals surface area contributed by atoms with E-state index in [9.17, 15) is 5.11 Å². The van der Waals surface area contributed by atoms with Crippen molar-refractivity contribution in [3.8, 4) is 0 Å². The summed E-state index contributed by atoms with van der Waals surface area (Å²) in [4.78, 5) is 1.04. The van der Waals surface area contributed by atoms with Gasteiger partial charge in [0.15, 0.2) is 0 Å². The Labute approximate surface area is 83.7 Å². The summed E-state index contributed by atoms with van der Waals surface area (Å²) < 4.78 is 0. The highest BCUT2D eigenvalue weighted by Gasteiger charge is 2.22. The van der Waals surface area contributed by atoms with E-state index in [1.165, 1.54) is 0 Å². The van der Waals surface area contributed by atoms with Gasteiger partial charge >= 0.3 is 0 Å². The smallest absolute Gasteiger partial charge is 0.115 e. The number of aliphatic hydroxyl groups is 1. The van der Waals surface area contributed by atoms with Gasteiger partial charge in [-0.3, -0.25) is 0 Å². The van der Waals surface area contributed by atoms with E-state index in [-0.39, 0.29) is 0 Å². The predicted octanol–water partition coefficient (Wildman–Crippen LogP) is 3.23. The lowest BCUT2D eigenvalue weighted by molar-refractivity contribution is 0.114. The molecule has 0 aliphatic rings. The maximum atomic E-state index is 10.2. The first kappa shape index (κ1) is 10.5. The first-order chi connectivity index (χ1) is 5.93. The minimum absolute atomic E-state index is 0.808. The van der Waals surface area contributed by atoms with Crippen molar-refractivity contribution in [3.05, 3.63) is 33.5 Å². The second kappa shape index (κ2) is 3.64. The number of hydrogen-bond donors (Lipinski definition) is 1. The highest BCUT2D eigenvalue weighted by molar-refractivity contribution is 7.10. The van der Waals surface area contributed by atoms with Crippen molar-refractivity contribution in [2.45, 2.75) is 33.3 Å². The molecule has 0 aromatic carbocycles. The molecule has 0 aliphatic heterocycles. The van der Waals surface area contributed by atoms with E-state index in [0.717, 1.165) is 16.0 Å². The minimum Gasteiger partial charge on any atom is -0.380 e. The molecule has 1 aromatic rings. The van der Waals surface area contributed by atoms with Gasteiger partial charge in [-0.15, -0.1) is 11.3 Å². The number of aryl methyl sites for hydroxylation is 1. The van der Waals surface area contributed by atoms with Crippen LogP contribution in [-0.2, 0) is 5.60 Å². The van der Waals surface area contributed by atoms with Crippen LogP contribution in [0, 0.1) is 6.92 Å². The molecular weight excluding hydrogens is 180 g/mol. The lowest BCUT2D eigenvalue weighted by Gasteiger charge is -2.19. The molecule has 1 rings (SSSR count). The molecule has 0 saturated carbocycles. The van der Waals surface area contributed by atoms with E-state index in [1.54, 1.807) is 11.3 Å². The second-order valence-corrected chi connectivity index (χ2v) is 4.72. The van der Waals surface area contributed by atoms with Crippen LogP contribution < -0.4 is 0 Å².